The summed E-state index contributed by atoms with van der Waals surface area (Å²) < 4.78 is 26.3. The molecule has 21 heavy (non-hydrogen) atoms. The van der Waals surface area contributed by atoms with Gasteiger partial charge in [-0.3, -0.25) is 0 Å². The number of hydrogen-bond acceptors (Lipinski definition) is 3. The van der Waals surface area contributed by atoms with E-state index in [1.54, 1.807) is 4.31 Å². The van der Waals surface area contributed by atoms with Crippen LogP contribution < -0.4 is 5.73 Å². The second-order valence-corrected chi connectivity index (χ2v) is 8.31. The van der Waals surface area contributed by atoms with Gasteiger partial charge in [-0.05, 0) is 49.6 Å². The Balaban J connectivity index is 1.83. The summed E-state index contributed by atoms with van der Waals surface area (Å²) in [5, 5.41) is 0. The van der Waals surface area contributed by atoms with Crippen LogP contribution in [0.15, 0.2) is 30.3 Å². The van der Waals surface area contributed by atoms with E-state index in [4.69, 9.17) is 5.73 Å². The maximum absolute atomic E-state index is 12.3. The molecule has 1 saturated heterocycles. The summed E-state index contributed by atoms with van der Waals surface area (Å²) in [5.74, 6) is 1.06. The maximum atomic E-state index is 12.3. The molecule has 0 radical (unpaired) electrons. The molecule has 3 unspecified atom stereocenters. The fourth-order valence-corrected chi connectivity index (χ4v) is 5.70. The van der Waals surface area contributed by atoms with Crippen molar-refractivity contribution in [2.75, 3.05) is 18.8 Å². The molecule has 1 heterocycles. The number of nitrogens with zero attached hydrogens (tertiary/aromatic N) is 1. The van der Waals surface area contributed by atoms with Crippen LogP contribution in [0.25, 0.3) is 0 Å². The summed E-state index contributed by atoms with van der Waals surface area (Å²) in [6.45, 7) is 1.25. The first kappa shape index (κ1) is 15.0. The average molecular weight is 308 g/mol. The molecule has 0 aromatic heterocycles. The van der Waals surface area contributed by atoms with Crippen molar-refractivity contribution in [3.05, 3.63) is 35.9 Å². The minimum atomic E-state index is -3.06. The van der Waals surface area contributed by atoms with Gasteiger partial charge in [0, 0.05) is 12.6 Å². The summed E-state index contributed by atoms with van der Waals surface area (Å²) in [6, 6.07) is 10.5. The molecule has 116 valence electrons. The molecule has 2 N–H and O–H groups in total. The van der Waals surface area contributed by atoms with E-state index < -0.39 is 10.0 Å². The van der Waals surface area contributed by atoms with Gasteiger partial charge in [0.2, 0.25) is 10.0 Å². The van der Waals surface area contributed by atoms with Crippen molar-refractivity contribution in [3.63, 3.8) is 0 Å². The largest absolute Gasteiger partial charge is 0.330 e. The van der Waals surface area contributed by atoms with Crippen LogP contribution in [0, 0.1) is 5.92 Å². The summed E-state index contributed by atoms with van der Waals surface area (Å²) >= 11 is 0. The summed E-state index contributed by atoms with van der Waals surface area (Å²) in [4.78, 5) is 0. The van der Waals surface area contributed by atoms with Crippen molar-refractivity contribution in [1.82, 2.24) is 4.31 Å². The van der Waals surface area contributed by atoms with Crippen molar-refractivity contribution in [2.24, 2.45) is 11.7 Å². The van der Waals surface area contributed by atoms with Crippen LogP contribution in [-0.2, 0) is 10.0 Å². The fraction of sp³-hybridized carbons (Fsp3) is 0.625. The molecule has 1 aromatic rings. The lowest BCUT2D eigenvalue weighted by molar-refractivity contribution is 0.176. The molecule has 1 aromatic carbocycles. The highest BCUT2D eigenvalue weighted by atomic mass is 32.2. The predicted molar refractivity (Wildman–Crippen MR) is 84.5 cm³/mol. The third kappa shape index (κ3) is 3.00. The molecule has 3 rings (SSSR count). The van der Waals surface area contributed by atoms with Crippen LogP contribution >= 0.6 is 0 Å². The van der Waals surface area contributed by atoms with Crippen LogP contribution in [0.5, 0.6) is 0 Å². The van der Waals surface area contributed by atoms with Gasteiger partial charge in [-0.25, -0.2) is 8.42 Å². The second kappa shape index (κ2) is 6.07. The van der Waals surface area contributed by atoms with Crippen LogP contribution in [-0.4, -0.2) is 37.6 Å². The van der Waals surface area contributed by atoms with Crippen LogP contribution in [0.3, 0.4) is 0 Å². The number of benzene rings is 1. The lowest BCUT2D eigenvalue weighted by Crippen LogP contribution is -2.47. The summed E-state index contributed by atoms with van der Waals surface area (Å²) in [6.07, 6.45) is 3.79. The van der Waals surface area contributed by atoms with E-state index in [9.17, 15) is 8.42 Å². The van der Waals surface area contributed by atoms with Gasteiger partial charge in [-0.2, -0.15) is 4.31 Å². The van der Waals surface area contributed by atoms with Crippen LogP contribution in [0.4, 0.5) is 0 Å². The van der Waals surface area contributed by atoms with Gasteiger partial charge in [0.25, 0.3) is 0 Å². The Morgan fingerprint density at radius 2 is 1.95 bits per heavy atom. The predicted octanol–water partition coefficient (Wildman–Crippen LogP) is 1.93. The van der Waals surface area contributed by atoms with Crippen LogP contribution in [0.2, 0.25) is 0 Å². The zero-order chi connectivity index (χ0) is 14.9. The maximum Gasteiger partial charge on any atom is 0.214 e. The Kier molecular flexibility index (Phi) is 4.33. The zero-order valence-corrected chi connectivity index (χ0v) is 13.1. The van der Waals surface area contributed by atoms with Crippen molar-refractivity contribution in [1.29, 1.82) is 0 Å². The van der Waals surface area contributed by atoms with Gasteiger partial charge in [0.1, 0.15) is 0 Å². The molecule has 0 spiro atoms. The number of hydrogen-bond donors (Lipinski definition) is 1. The van der Waals surface area contributed by atoms with Crippen molar-refractivity contribution in [3.8, 4) is 0 Å². The number of sulfonamides is 1. The Morgan fingerprint density at radius 1 is 1.19 bits per heavy atom. The molecular weight excluding hydrogens is 284 g/mol. The molecule has 1 aliphatic carbocycles. The SMILES string of the molecule is NCC1CCC(c2ccccc2)CC1N1CCCS1(=O)=O. The highest BCUT2D eigenvalue weighted by Gasteiger charge is 2.41. The third-order valence-corrected chi connectivity index (χ3v) is 7.01. The van der Waals surface area contributed by atoms with Gasteiger partial charge >= 0.3 is 0 Å². The van der Waals surface area contributed by atoms with Gasteiger partial charge < -0.3 is 5.73 Å². The first-order chi connectivity index (χ1) is 10.1. The second-order valence-electron chi connectivity index (χ2n) is 6.26. The Labute approximate surface area is 127 Å². The molecule has 2 aliphatic rings. The molecule has 2 fully saturated rings. The summed E-state index contributed by atoms with van der Waals surface area (Å²) in [5.41, 5.74) is 7.24. The molecular formula is C16H24N2O2S. The molecule has 5 heteroatoms. The first-order valence-electron chi connectivity index (χ1n) is 7.86. The van der Waals surface area contributed by atoms with Crippen molar-refractivity contribution < 1.29 is 8.42 Å². The Hall–Kier alpha value is -0.910. The average Bonchev–Trinajstić information content (AvgIpc) is 2.87. The Morgan fingerprint density at radius 3 is 2.57 bits per heavy atom. The quantitative estimate of drug-likeness (QED) is 0.928. The van der Waals surface area contributed by atoms with Crippen molar-refractivity contribution >= 4 is 10.0 Å². The molecule has 0 bridgehead atoms. The van der Waals surface area contributed by atoms with E-state index >= 15 is 0 Å². The van der Waals surface area contributed by atoms with Gasteiger partial charge in [0.15, 0.2) is 0 Å². The third-order valence-electron chi connectivity index (χ3n) is 5.04. The first-order valence-corrected chi connectivity index (χ1v) is 9.47. The fourth-order valence-electron chi connectivity index (χ4n) is 3.90. The normalized spacial score (nSPS) is 33.1. The van der Waals surface area contributed by atoms with Gasteiger partial charge in [0.05, 0.1) is 5.75 Å². The molecule has 3 atom stereocenters. The minimum Gasteiger partial charge on any atom is -0.330 e. The molecule has 4 nitrogen and oxygen atoms in total. The molecule has 0 amide bonds. The lowest BCUT2D eigenvalue weighted by atomic mass is 9.75. The summed E-state index contributed by atoms with van der Waals surface area (Å²) in [7, 11) is -3.06. The standard InChI is InChI=1S/C16H24N2O2S/c17-12-15-8-7-14(13-5-2-1-3-6-13)11-16(15)18-9-4-10-21(18,19)20/h1-3,5-6,14-16H,4,7-12,17H2. The van der Waals surface area contributed by atoms with Crippen molar-refractivity contribution in [2.45, 2.75) is 37.6 Å². The zero-order valence-electron chi connectivity index (χ0n) is 12.3. The topological polar surface area (TPSA) is 63.4 Å². The Bertz CT molecular complexity index is 573. The lowest BCUT2D eigenvalue weighted by Gasteiger charge is -2.40. The van der Waals surface area contributed by atoms with E-state index in [0.29, 0.717) is 30.7 Å². The molecule has 1 saturated carbocycles. The van der Waals surface area contributed by atoms with E-state index in [-0.39, 0.29) is 6.04 Å². The van der Waals surface area contributed by atoms with E-state index in [0.717, 1.165) is 25.7 Å². The monoisotopic (exact) mass is 308 g/mol. The van der Waals surface area contributed by atoms with Gasteiger partial charge in [-0.15, -0.1) is 0 Å². The minimum absolute atomic E-state index is 0.0847. The van der Waals surface area contributed by atoms with Gasteiger partial charge in [-0.1, -0.05) is 30.3 Å². The smallest absolute Gasteiger partial charge is 0.214 e. The molecule has 1 aliphatic heterocycles. The highest BCUT2D eigenvalue weighted by Crippen LogP contribution is 2.39. The highest BCUT2D eigenvalue weighted by molar-refractivity contribution is 7.89. The van der Waals surface area contributed by atoms with Crippen LogP contribution in [0.1, 0.15) is 37.2 Å². The van der Waals surface area contributed by atoms with E-state index in [1.807, 2.05) is 6.07 Å². The number of nitrogens with two attached hydrogens (primary N) is 1. The van der Waals surface area contributed by atoms with E-state index in [1.165, 1.54) is 5.56 Å². The number of rotatable bonds is 3. The van der Waals surface area contributed by atoms with E-state index in [2.05, 4.69) is 24.3 Å².